The van der Waals surface area contributed by atoms with Gasteiger partial charge in [-0.05, 0) is 43.3 Å². The summed E-state index contributed by atoms with van der Waals surface area (Å²) in [5.74, 6) is -1.53. The molecule has 0 saturated carbocycles. The van der Waals surface area contributed by atoms with Crippen molar-refractivity contribution in [2.45, 2.75) is 30.9 Å². The number of anilines is 1. The SMILES string of the molecule is C[C@H](CO)N1C[C@H](C)[C@H](CN(C)S(C)(=O)=O)Oc2c(NS(=O)(=O)c3ccc(F)cc3)cccc2C1=O. The van der Waals surface area contributed by atoms with Crippen LogP contribution in [0, 0.1) is 11.7 Å². The highest BCUT2D eigenvalue weighted by molar-refractivity contribution is 7.92. The van der Waals surface area contributed by atoms with Gasteiger partial charge in [0.05, 0.1) is 41.6 Å². The minimum Gasteiger partial charge on any atom is -0.486 e. The molecular formula is C23H30FN3O7S2. The highest BCUT2D eigenvalue weighted by Gasteiger charge is 2.35. The second kappa shape index (κ2) is 10.7. The van der Waals surface area contributed by atoms with E-state index in [1.165, 1.54) is 30.1 Å². The van der Waals surface area contributed by atoms with Gasteiger partial charge in [0.2, 0.25) is 10.0 Å². The second-order valence-corrected chi connectivity index (χ2v) is 12.7. The number of likely N-dealkylation sites (N-methyl/N-ethyl adjacent to an activating group) is 1. The smallest absolute Gasteiger partial charge is 0.262 e. The number of para-hydroxylation sites is 1. The molecule has 0 saturated heterocycles. The van der Waals surface area contributed by atoms with E-state index in [2.05, 4.69) is 4.72 Å². The Kier molecular flexibility index (Phi) is 8.28. The molecule has 198 valence electrons. The Morgan fingerprint density at radius 1 is 1.19 bits per heavy atom. The zero-order valence-corrected chi connectivity index (χ0v) is 22.0. The summed E-state index contributed by atoms with van der Waals surface area (Å²) in [6.07, 6.45) is 0.293. The molecule has 1 amide bonds. The standard InChI is InChI=1S/C23H30FN3O7S2/c1-15-12-27(16(2)14-28)23(29)19-6-5-7-20(22(19)34-21(15)13-26(3)35(4,30)31)25-36(32,33)18-10-8-17(24)9-11-18/h5-11,15-16,21,25,28H,12-14H2,1-4H3/t15-,16+,21-/m0/s1. The molecule has 2 N–H and O–H groups in total. The summed E-state index contributed by atoms with van der Waals surface area (Å²) in [6, 6.07) is 8.04. The Hall–Kier alpha value is -2.74. The highest BCUT2D eigenvalue weighted by atomic mass is 32.2. The molecule has 1 aliphatic heterocycles. The summed E-state index contributed by atoms with van der Waals surface area (Å²) in [5.41, 5.74) is 0.0106. The monoisotopic (exact) mass is 543 g/mol. The van der Waals surface area contributed by atoms with Gasteiger partial charge in [-0.1, -0.05) is 13.0 Å². The number of benzene rings is 2. The van der Waals surface area contributed by atoms with Crippen molar-refractivity contribution in [3.8, 4) is 5.75 Å². The van der Waals surface area contributed by atoms with Gasteiger partial charge in [-0.2, -0.15) is 0 Å². The Bertz CT molecular complexity index is 1320. The van der Waals surface area contributed by atoms with Gasteiger partial charge in [-0.3, -0.25) is 9.52 Å². The maximum atomic E-state index is 13.5. The fraction of sp³-hybridized carbons (Fsp3) is 0.435. The predicted molar refractivity (Wildman–Crippen MR) is 132 cm³/mol. The van der Waals surface area contributed by atoms with Gasteiger partial charge in [0.25, 0.3) is 15.9 Å². The van der Waals surface area contributed by atoms with Crippen molar-refractivity contribution < 1.29 is 35.9 Å². The van der Waals surface area contributed by atoms with E-state index < -0.39 is 43.9 Å². The molecule has 36 heavy (non-hydrogen) atoms. The van der Waals surface area contributed by atoms with E-state index in [4.69, 9.17) is 4.74 Å². The van der Waals surface area contributed by atoms with Crippen LogP contribution in [-0.2, 0) is 20.0 Å². The summed E-state index contributed by atoms with van der Waals surface area (Å²) in [7, 11) is -6.34. The first-order chi connectivity index (χ1) is 16.7. The van der Waals surface area contributed by atoms with E-state index in [0.717, 1.165) is 34.8 Å². The summed E-state index contributed by atoms with van der Waals surface area (Å²) < 4.78 is 73.2. The van der Waals surface area contributed by atoms with Crippen molar-refractivity contribution in [2.24, 2.45) is 5.92 Å². The maximum absolute atomic E-state index is 13.5. The Morgan fingerprint density at radius 2 is 1.83 bits per heavy atom. The van der Waals surface area contributed by atoms with Crippen LogP contribution < -0.4 is 9.46 Å². The fourth-order valence-electron chi connectivity index (χ4n) is 3.75. The van der Waals surface area contributed by atoms with Crippen molar-refractivity contribution in [1.82, 2.24) is 9.21 Å². The van der Waals surface area contributed by atoms with Crippen LogP contribution in [-0.4, -0.2) is 82.2 Å². The average molecular weight is 544 g/mol. The van der Waals surface area contributed by atoms with E-state index in [0.29, 0.717) is 0 Å². The van der Waals surface area contributed by atoms with Gasteiger partial charge in [-0.15, -0.1) is 0 Å². The second-order valence-electron chi connectivity index (χ2n) is 8.91. The number of fused-ring (bicyclic) bond motifs is 1. The first-order valence-electron chi connectivity index (χ1n) is 11.2. The molecule has 0 spiro atoms. The summed E-state index contributed by atoms with van der Waals surface area (Å²) in [6.45, 7) is 3.26. The van der Waals surface area contributed by atoms with Crippen molar-refractivity contribution in [3.05, 3.63) is 53.8 Å². The normalized spacial score (nSPS) is 19.8. The molecule has 2 aromatic carbocycles. The average Bonchev–Trinajstić information content (AvgIpc) is 2.80. The molecule has 0 fully saturated rings. The lowest BCUT2D eigenvalue weighted by atomic mass is 9.99. The molecule has 10 nitrogen and oxygen atoms in total. The van der Waals surface area contributed by atoms with Crippen LogP contribution in [0.5, 0.6) is 5.75 Å². The third-order valence-corrected chi connectivity index (χ3v) is 8.73. The number of carbonyl (C=O) groups excluding carboxylic acids is 1. The van der Waals surface area contributed by atoms with Crippen LogP contribution in [0.25, 0.3) is 0 Å². The molecule has 2 aromatic rings. The Morgan fingerprint density at radius 3 is 2.42 bits per heavy atom. The molecule has 3 atom stereocenters. The lowest BCUT2D eigenvalue weighted by molar-refractivity contribution is 0.0389. The number of hydrogen-bond donors (Lipinski definition) is 2. The van der Waals surface area contributed by atoms with Gasteiger partial charge in [0, 0.05) is 19.5 Å². The summed E-state index contributed by atoms with van der Waals surface area (Å²) in [4.78, 5) is 14.7. The van der Waals surface area contributed by atoms with E-state index in [1.807, 2.05) is 0 Å². The Balaban J connectivity index is 2.11. The number of nitrogens with zero attached hydrogens (tertiary/aromatic N) is 2. The summed E-state index contributed by atoms with van der Waals surface area (Å²) >= 11 is 0. The molecule has 0 bridgehead atoms. The number of halogens is 1. The van der Waals surface area contributed by atoms with E-state index in [1.54, 1.807) is 13.8 Å². The van der Waals surface area contributed by atoms with E-state index in [-0.39, 0.29) is 47.5 Å². The number of carbonyl (C=O) groups is 1. The van der Waals surface area contributed by atoms with Crippen LogP contribution in [0.3, 0.4) is 0 Å². The number of aliphatic hydroxyl groups excluding tert-OH is 1. The quantitative estimate of drug-likeness (QED) is 0.518. The Labute approximate surface area is 210 Å². The molecular weight excluding hydrogens is 513 g/mol. The van der Waals surface area contributed by atoms with Crippen LogP contribution >= 0.6 is 0 Å². The van der Waals surface area contributed by atoms with E-state index in [9.17, 15) is 31.1 Å². The number of hydrogen-bond acceptors (Lipinski definition) is 7. The first kappa shape index (κ1) is 27.8. The highest BCUT2D eigenvalue weighted by Crippen LogP contribution is 2.36. The molecule has 3 rings (SSSR count). The van der Waals surface area contributed by atoms with Crippen molar-refractivity contribution >= 4 is 31.6 Å². The molecule has 0 radical (unpaired) electrons. The van der Waals surface area contributed by atoms with Gasteiger partial charge >= 0.3 is 0 Å². The first-order valence-corrected chi connectivity index (χ1v) is 14.5. The lowest BCUT2D eigenvalue weighted by Crippen LogP contribution is -2.50. The summed E-state index contributed by atoms with van der Waals surface area (Å²) in [5, 5.41) is 9.74. The van der Waals surface area contributed by atoms with Crippen molar-refractivity contribution in [2.75, 3.05) is 37.7 Å². The number of rotatable bonds is 8. The van der Waals surface area contributed by atoms with Crippen molar-refractivity contribution in [3.63, 3.8) is 0 Å². The fourth-order valence-corrected chi connectivity index (χ4v) is 5.23. The van der Waals surface area contributed by atoms with Gasteiger partial charge in [0.1, 0.15) is 11.9 Å². The van der Waals surface area contributed by atoms with Crippen molar-refractivity contribution in [1.29, 1.82) is 0 Å². The third-order valence-electron chi connectivity index (χ3n) is 6.06. The van der Waals surface area contributed by atoms with E-state index >= 15 is 0 Å². The third kappa shape index (κ3) is 6.14. The zero-order valence-electron chi connectivity index (χ0n) is 20.4. The number of sulfonamides is 2. The number of amides is 1. The van der Waals surface area contributed by atoms with Crippen LogP contribution in [0.2, 0.25) is 0 Å². The number of aliphatic hydroxyl groups is 1. The maximum Gasteiger partial charge on any atom is 0.262 e. The van der Waals surface area contributed by atoms with Gasteiger partial charge < -0.3 is 14.7 Å². The molecule has 0 aliphatic carbocycles. The predicted octanol–water partition coefficient (Wildman–Crippen LogP) is 1.74. The minimum absolute atomic E-state index is 0.0390. The molecule has 1 aliphatic rings. The van der Waals surface area contributed by atoms with Crippen LogP contribution in [0.4, 0.5) is 10.1 Å². The topological polar surface area (TPSA) is 133 Å². The minimum atomic E-state index is -4.18. The van der Waals surface area contributed by atoms with Gasteiger partial charge in [-0.25, -0.2) is 25.5 Å². The largest absolute Gasteiger partial charge is 0.486 e. The molecule has 1 heterocycles. The zero-order chi connectivity index (χ0) is 26.8. The number of nitrogens with one attached hydrogen (secondary N) is 1. The lowest BCUT2D eigenvalue weighted by Gasteiger charge is -2.38. The van der Waals surface area contributed by atoms with Crippen LogP contribution in [0.15, 0.2) is 47.4 Å². The molecule has 0 aromatic heterocycles. The number of ether oxygens (including phenoxy) is 1. The molecule has 0 unspecified atom stereocenters. The molecule has 13 heteroatoms. The van der Waals surface area contributed by atoms with Crippen LogP contribution in [0.1, 0.15) is 24.2 Å². The van der Waals surface area contributed by atoms with Gasteiger partial charge in [0.15, 0.2) is 5.75 Å².